The zero-order valence-corrected chi connectivity index (χ0v) is 18.8. The van der Waals surface area contributed by atoms with Crippen LogP contribution in [-0.4, -0.2) is 36.4 Å². The molecule has 174 valence electrons. The highest BCUT2D eigenvalue weighted by Crippen LogP contribution is 2.39. The van der Waals surface area contributed by atoms with Crippen molar-refractivity contribution in [3.8, 4) is 17.2 Å². The lowest BCUT2D eigenvalue weighted by molar-refractivity contribution is -0.135. The molecule has 10 heteroatoms. The zero-order chi connectivity index (χ0) is 24.7. The second kappa shape index (κ2) is 10.9. The van der Waals surface area contributed by atoms with Crippen LogP contribution in [0.5, 0.6) is 17.2 Å². The maximum atomic E-state index is 12.5. The van der Waals surface area contributed by atoms with E-state index in [1.165, 1.54) is 0 Å². The summed E-state index contributed by atoms with van der Waals surface area (Å²) in [6.07, 6.45) is 0. The van der Waals surface area contributed by atoms with Crippen molar-refractivity contribution in [1.82, 2.24) is 0 Å². The summed E-state index contributed by atoms with van der Waals surface area (Å²) in [7, 11) is 0. The largest absolute Gasteiger partial charge is 0.452 e. The number of esters is 4. The van der Waals surface area contributed by atoms with Gasteiger partial charge in [0.2, 0.25) is 5.75 Å². The Bertz CT molecular complexity index is 1080. The third-order valence-electron chi connectivity index (χ3n) is 4.00. The van der Waals surface area contributed by atoms with E-state index in [9.17, 15) is 24.0 Å². The summed E-state index contributed by atoms with van der Waals surface area (Å²) in [5.41, 5.74) is 2.23. The van der Waals surface area contributed by atoms with Gasteiger partial charge in [-0.05, 0) is 37.6 Å². The smallest absolute Gasteiger partial charge is 0.338 e. The predicted molar refractivity (Wildman–Crippen MR) is 115 cm³/mol. The fraction of sp³-hybridized carbons (Fsp3) is 0.261. The number of anilines is 1. The first-order valence-corrected chi connectivity index (χ1v) is 9.73. The molecule has 2 aromatic rings. The molecule has 0 saturated carbocycles. The van der Waals surface area contributed by atoms with Crippen molar-refractivity contribution < 1.29 is 42.9 Å². The Morgan fingerprint density at radius 3 is 1.82 bits per heavy atom. The van der Waals surface area contributed by atoms with Gasteiger partial charge in [-0.1, -0.05) is 17.7 Å². The summed E-state index contributed by atoms with van der Waals surface area (Å²) in [6, 6.07) is 7.58. The van der Waals surface area contributed by atoms with Gasteiger partial charge in [-0.3, -0.25) is 19.2 Å². The summed E-state index contributed by atoms with van der Waals surface area (Å²) in [4.78, 5) is 59.1. The number of ether oxygens (including phenoxy) is 4. The first kappa shape index (κ1) is 25.1. The van der Waals surface area contributed by atoms with Gasteiger partial charge in [0.05, 0.1) is 5.56 Å². The van der Waals surface area contributed by atoms with Gasteiger partial charge >= 0.3 is 23.9 Å². The molecule has 1 N–H and O–H groups in total. The van der Waals surface area contributed by atoms with Crippen molar-refractivity contribution in [2.45, 2.75) is 34.6 Å². The van der Waals surface area contributed by atoms with Crippen LogP contribution in [0, 0.1) is 13.8 Å². The van der Waals surface area contributed by atoms with Gasteiger partial charge in [-0.2, -0.15) is 0 Å². The van der Waals surface area contributed by atoms with Gasteiger partial charge in [0.15, 0.2) is 18.1 Å². The predicted octanol–water partition coefficient (Wildman–Crippen LogP) is 2.87. The molecule has 0 atom stereocenters. The molecule has 0 unspecified atom stereocenters. The van der Waals surface area contributed by atoms with Crippen molar-refractivity contribution in [3.05, 3.63) is 47.0 Å². The van der Waals surface area contributed by atoms with Gasteiger partial charge in [-0.15, -0.1) is 0 Å². The van der Waals surface area contributed by atoms with Crippen LogP contribution in [-0.2, 0) is 23.9 Å². The Morgan fingerprint density at radius 1 is 0.788 bits per heavy atom. The van der Waals surface area contributed by atoms with Crippen LogP contribution >= 0.6 is 0 Å². The zero-order valence-electron chi connectivity index (χ0n) is 18.8. The van der Waals surface area contributed by atoms with Gasteiger partial charge in [-0.25, -0.2) is 4.79 Å². The van der Waals surface area contributed by atoms with Crippen molar-refractivity contribution in [3.63, 3.8) is 0 Å². The fourth-order valence-electron chi connectivity index (χ4n) is 2.75. The Hall–Kier alpha value is -4.21. The van der Waals surface area contributed by atoms with E-state index in [1.807, 2.05) is 26.0 Å². The Morgan fingerprint density at radius 2 is 1.33 bits per heavy atom. The maximum absolute atomic E-state index is 12.5. The molecule has 1 amide bonds. The average molecular weight is 457 g/mol. The number of aryl methyl sites for hydroxylation is 2. The number of amides is 1. The molecule has 2 aromatic carbocycles. The standard InChI is InChI=1S/C23H23NO9/c1-12-6-7-18(13(2)8-12)24-21(28)11-30-23(29)17-9-19(31-14(3)25)22(33-16(5)27)20(10-17)32-15(4)26/h6-10H,11H2,1-5H3,(H,24,28). The maximum Gasteiger partial charge on any atom is 0.338 e. The third kappa shape index (κ3) is 7.46. The van der Waals surface area contributed by atoms with E-state index in [1.54, 1.807) is 6.07 Å². The lowest BCUT2D eigenvalue weighted by Gasteiger charge is -2.15. The van der Waals surface area contributed by atoms with E-state index in [0.29, 0.717) is 5.69 Å². The second-order valence-corrected chi connectivity index (χ2v) is 7.03. The molecular formula is C23H23NO9. The van der Waals surface area contributed by atoms with Crippen molar-refractivity contribution in [1.29, 1.82) is 0 Å². The van der Waals surface area contributed by atoms with E-state index >= 15 is 0 Å². The summed E-state index contributed by atoms with van der Waals surface area (Å²) in [5, 5.41) is 2.64. The van der Waals surface area contributed by atoms with E-state index in [2.05, 4.69) is 5.32 Å². The molecule has 0 spiro atoms. The molecule has 0 fully saturated rings. The molecule has 0 radical (unpaired) electrons. The lowest BCUT2D eigenvalue weighted by Crippen LogP contribution is -2.21. The minimum atomic E-state index is -0.970. The minimum absolute atomic E-state index is 0.210. The second-order valence-electron chi connectivity index (χ2n) is 7.03. The number of nitrogens with one attached hydrogen (secondary N) is 1. The highest BCUT2D eigenvalue weighted by Gasteiger charge is 2.23. The summed E-state index contributed by atoms with van der Waals surface area (Å²) in [6.45, 7) is 6.40. The van der Waals surface area contributed by atoms with Crippen LogP contribution in [0.15, 0.2) is 30.3 Å². The van der Waals surface area contributed by atoms with Crippen LogP contribution in [0.4, 0.5) is 5.69 Å². The van der Waals surface area contributed by atoms with E-state index < -0.39 is 36.4 Å². The minimum Gasteiger partial charge on any atom is -0.452 e. The van der Waals surface area contributed by atoms with Crippen molar-refractivity contribution >= 4 is 35.5 Å². The normalized spacial score (nSPS) is 10.1. The third-order valence-corrected chi connectivity index (χ3v) is 4.00. The van der Waals surface area contributed by atoms with E-state index in [-0.39, 0.29) is 22.8 Å². The lowest BCUT2D eigenvalue weighted by atomic mass is 10.1. The first-order chi connectivity index (χ1) is 15.5. The summed E-state index contributed by atoms with van der Waals surface area (Å²) in [5.74, 6) is -4.95. The molecule has 10 nitrogen and oxygen atoms in total. The van der Waals surface area contributed by atoms with Gasteiger partial charge in [0, 0.05) is 26.5 Å². The highest BCUT2D eigenvalue weighted by atomic mass is 16.6. The van der Waals surface area contributed by atoms with Crippen molar-refractivity contribution in [2.24, 2.45) is 0 Å². The number of hydrogen-bond acceptors (Lipinski definition) is 9. The van der Waals surface area contributed by atoms with E-state index in [4.69, 9.17) is 18.9 Å². The van der Waals surface area contributed by atoms with Gasteiger partial charge < -0.3 is 24.3 Å². The molecule has 2 rings (SSSR count). The monoisotopic (exact) mass is 457 g/mol. The molecule has 0 saturated heterocycles. The molecular weight excluding hydrogens is 434 g/mol. The van der Waals surface area contributed by atoms with Crippen LogP contribution in [0.1, 0.15) is 42.3 Å². The Kier molecular flexibility index (Phi) is 8.27. The topological polar surface area (TPSA) is 134 Å². The molecule has 0 bridgehead atoms. The van der Waals surface area contributed by atoms with Crippen LogP contribution in [0.2, 0.25) is 0 Å². The van der Waals surface area contributed by atoms with Gasteiger partial charge in [0.25, 0.3) is 5.91 Å². The van der Waals surface area contributed by atoms with Crippen LogP contribution < -0.4 is 19.5 Å². The molecule has 0 heterocycles. The molecule has 0 aliphatic heterocycles. The SMILES string of the molecule is CC(=O)Oc1cc(C(=O)OCC(=O)Nc2ccc(C)cc2C)cc(OC(C)=O)c1OC(C)=O. The quantitative estimate of drug-likeness (QED) is 0.492. The molecule has 33 heavy (non-hydrogen) atoms. The number of benzene rings is 2. The summed E-state index contributed by atoms with van der Waals surface area (Å²) < 4.78 is 20.0. The number of hydrogen-bond donors (Lipinski definition) is 1. The number of carbonyl (C=O) groups is 5. The first-order valence-electron chi connectivity index (χ1n) is 9.73. The fourth-order valence-corrected chi connectivity index (χ4v) is 2.75. The Labute approximate surface area is 189 Å². The summed E-state index contributed by atoms with van der Waals surface area (Å²) >= 11 is 0. The molecule has 0 aliphatic rings. The van der Waals surface area contributed by atoms with Crippen LogP contribution in [0.3, 0.4) is 0 Å². The highest BCUT2D eigenvalue weighted by molar-refractivity contribution is 5.97. The van der Waals surface area contributed by atoms with Crippen molar-refractivity contribution in [2.75, 3.05) is 11.9 Å². The Balaban J connectivity index is 2.25. The van der Waals surface area contributed by atoms with E-state index in [0.717, 1.165) is 44.0 Å². The number of carbonyl (C=O) groups excluding carboxylic acids is 5. The number of rotatable bonds is 7. The molecule has 0 aromatic heterocycles. The average Bonchev–Trinajstić information content (AvgIpc) is 2.69. The van der Waals surface area contributed by atoms with Crippen LogP contribution in [0.25, 0.3) is 0 Å². The van der Waals surface area contributed by atoms with Gasteiger partial charge in [0.1, 0.15) is 0 Å². The molecule has 0 aliphatic carbocycles.